The van der Waals surface area contributed by atoms with Gasteiger partial charge in [0.2, 0.25) is 0 Å². The van der Waals surface area contributed by atoms with Crippen LogP contribution in [0.3, 0.4) is 0 Å². The van der Waals surface area contributed by atoms with E-state index >= 15 is 0 Å². The summed E-state index contributed by atoms with van der Waals surface area (Å²) in [6.07, 6.45) is 1.02. The van der Waals surface area contributed by atoms with E-state index in [1.54, 1.807) is 0 Å². The molecule has 1 aromatic carbocycles. The van der Waals surface area contributed by atoms with E-state index in [4.69, 9.17) is 10.3 Å². The first-order valence-electron chi connectivity index (χ1n) is 4.63. The number of hydrogen-bond acceptors (Lipinski definition) is 6. The van der Waals surface area contributed by atoms with Gasteiger partial charge in [-0.3, -0.25) is 0 Å². The molecule has 0 saturated heterocycles. The molecule has 0 atom stereocenters. The maximum Gasteiger partial charge on any atom is 0.179 e. The van der Waals surface area contributed by atoms with Gasteiger partial charge in [0, 0.05) is 17.9 Å². The maximum absolute atomic E-state index is 11.3. The molecule has 3 N–H and O–H groups in total. The number of nitrogen functional groups attached to an aromatic ring is 1. The molecule has 0 amide bonds. The van der Waals surface area contributed by atoms with Crippen LogP contribution in [0.1, 0.15) is 0 Å². The zero-order valence-corrected chi connectivity index (χ0v) is 9.73. The van der Waals surface area contributed by atoms with E-state index in [0.717, 1.165) is 6.26 Å². The normalized spacial score (nSPS) is 11.6. The summed E-state index contributed by atoms with van der Waals surface area (Å²) in [7, 11) is -3.45. The first kappa shape index (κ1) is 11.5. The number of aromatic hydroxyl groups is 1. The third-order valence-electron chi connectivity index (χ3n) is 2.17. The van der Waals surface area contributed by atoms with Crippen LogP contribution < -0.4 is 5.73 Å². The van der Waals surface area contributed by atoms with Crippen molar-refractivity contribution < 1.29 is 18.0 Å². The number of aromatic nitrogens is 1. The fraction of sp³-hybridized carbons (Fsp3) is 0.100. The minimum atomic E-state index is -3.45. The highest BCUT2D eigenvalue weighted by molar-refractivity contribution is 7.90. The van der Waals surface area contributed by atoms with E-state index in [-0.39, 0.29) is 16.5 Å². The number of phenols is 1. The lowest BCUT2D eigenvalue weighted by molar-refractivity contribution is 0.434. The number of nitrogens with zero attached hydrogens (tertiary/aromatic N) is 1. The number of hydrogen-bond donors (Lipinski definition) is 2. The zero-order valence-electron chi connectivity index (χ0n) is 8.91. The molecule has 0 bridgehead atoms. The van der Waals surface area contributed by atoms with Gasteiger partial charge in [0.1, 0.15) is 10.6 Å². The number of phenolic OH excluding ortho intramolecular Hbond substituents is 1. The molecule has 0 spiro atoms. The largest absolute Gasteiger partial charge is 0.507 e. The Morgan fingerprint density at radius 2 is 2.06 bits per heavy atom. The van der Waals surface area contributed by atoms with Crippen molar-refractivity contribution in [3.8, 4) is 17.1 Å². The van der Waals surface area contributed by atoms with E-state index in [1.807, 2.05) is 0 Å². The van der Waals surface area contributed by atoms with Gasteiger partial charge >= 0.3 is 0 Å². The molecule has 0 unspecified atom stereocenters. The van der Waals surface area contributed by atoms with Gasteiger partial charge in [-0.1, -0.05) is 5.16 Å². The van der Waals surface area contributed by atoms with Crippen molar-refractivity contribution >= 4 is 15.7 Å². The molecule has 0 aliphatic rings. The van der Waals surface area contributed by atoms with Gasteiger partial charge in [0.15, 0.2) is 21.4 Å². The molecule has 2 aromatic rings. The van der Waals surface area contributed by atoms with Crippen molar-refractivity contribution in [2.24, 2.45) is 0 Å². The molecule has 17 heavy (non-hydrogen) atoms. The minimum absolute atomic E-state index is 0.131. The molecular formula is C10H10N2O4S. The molecule has 2 rings (SSSR count). The van der Waals surface area contributed by atoms with Crippen molar-refractivity contribution in [2.75, 3.05) is 12.0 Å². The molecule has 0 aliphatic carbocycles. The lowest BCUT2D eigenvalue weighted by Gasteiger charge is -2.03. The van der Waals surface area contributed by atoms with Gasteiger partial charge in [-0.05, 0) is 18.2 Å². The Kier molecular flexibility index (Phi) is 2.55. The van der Waals surface area contributed by atoms with Crippen LogP contribution in [0.15, 0.2) is 33.7 Å². The predicted molar refractivity (Wildman–Crippen MR) is 61.1 cm³/mol. The summed E-state index contributed by atoms with van der Waals surface area (Å²) in [6.45, 7) is 0. The van der Waals surface area contributed by atoms with Gasteiger partial charge < -0.3 is 15.4 Å². The van der Waals surface area contributed by atoms with Crippen LogP contribution >= 0.6 is 0 Å². The Morgan fingerprint density at radius 1 is 1.35 bits per heavy atom. The predicted octanol–water partition coefficient (Wildman–Crippen LogP) is 1.03. The van der Waals surface area contributed by atoms with E-state index in [9.17, 15) is 13.5 Å². The van der Waals surface area contributed by atoms with E-state index in [1.165, 1.54) is 24.3 Å². The monoisotopic (exact) mass is 254 g/mol. The topological polar surface area (TPSA) is 106 Å². The van der Waals surface area contributed by atoms with Crippen LogP contribution in [-0.4, -0.2) is 24.9 Å². The van der Waals surface area contributed by atoms with Gasteiger partial charge in [-0.25, -0.2) is 8.42 Å². The van der Waals surface area contributed by atoms with Crippen molar-refractivity contribution in [1.82, 2.24) is 5.16 Å². The van der Waals surface area contributed by atoms with Crippen LogP contribution in [0, 0.1) is 0 Å². The molecule has 6 nitrogen and oxygen atoms in total. The smallest absolute Gasteiger partial charge is 0.179 e. The van der Waals surface area contributed by atoms with Crippen molar-refractivity contribution in [1.29, 1.82) is 0 Å². The molecule has 90 valence electrons. The average molecular weight is 254 g/mol. The molecule has 0 aliphatic heterocycles. The Labute approximate surface area is 97.6 Å². The zero-order chi connectivity index (χ0) is 12.6. The van der Waals surface area contributed by atoms with Crippen LogP contribution in [0.2, 0.25) is 0 Å². The molecule has 1 aromatic heterocycles. The summed E-state index contributed by atoms with van der Waals surface area (Å²) in [6, 6.07) is 5.58. The summed E-state index contributed by atoms with van der Waals surface area (Å²) in [4.78, 5) is -0.131. The highest BCUT2D eigenvalue weighted by Crippen LogP contribution is 2.29. The number of nitrogens with two attached hydrogens (primary N) is 1. The summed E-state index contributed by atoms with van der Waals surface area (Å²) in [5, 5.41) is 13.1. The van der Waals surface area contributed by atoms with Crippen LogP contribution in [0.4, 0.5) is 5.82 Å². The van der Waals surface area contributed by atoms with E-state index < -0.39 is 9.84 Å². The minimum Gasteiger partial charge on any atom is -0.507 e. The van der Waals surface area contributed by atoms with E-state index in [2.05, 4.69) is 5.16 Å². The van der Waals surface area contributed by atoms with Crippen LogP contribution in [0.25, 0.3) is 11.3 Å². The lowest BCUT2D eigenvalue weighted by atomic mass is 10.1. The van der Waals surface area contributed by atoms with Crippen LogP contribution in [-0.2, 0) is 9.84 Å². The van der Waals surface area contributed by atoms with Gasteiger partial charge in [-0.2, -0.15) is 0 Å². The highest BCUT2D eigenvalue weighted by atomic mass is 32.2. The fourth-order valence-electron chi connectivity index (χ4n) is 1.41. The molecule has 1 heterocycles. The summed E-state index contributed by atoms with van der Waals surface area (Å²) in [5.41, 5.74) is 5.89. The third kappa shape index (κ3) is 2.23. The standard InChI is InChI=1S/C10H10N2O4S/c1-17(14,15)9-3-2-6(4-7(9)13)8-5-10(11)12-16-8/h2-5,13H,1H3,(H2,11,12). The summed E-state index contributed by atoms with van der Waals surface area (Å²) in [5.74, 6) is 0.240. The second kappa shape index (κ2) is 3.77. The molecule has 0 saturated carbocycles. The Morgan fingerprint density at radius 3 is 2.53 bits per heavy atom. The van der Waals surface area contributed by atoms with Gasteiger partial charge in [0.05, 0.1) is 0 Å². The Hall–Kier alpha value is -2.02. The Bertz CT molecular complexity index is 661. The quantitative estimate of drug-likeness (QED) is 0.829. The second-order valence-electron chi connectivity index (χ2n) is 3.57. The second-order valence-corrected chi connectivity index (χ2v) is 5.55. The molecule has 0 fully saturated rings. The molecular weight excluding hydrogens is 244 g/mol. The number of anilines is 1. The summed E-state index contributed by atoms with van der Waals surface area (Å²) >= 11 is 0. The van der Waals surface area contributed by atoms with Crippen LogP contribution in [0.5, 0.6) is 5.75 Å². The van der Waals surface area contributed by atoms with E-state index in [0.29, 0.717) is 11.3 Å². The average Bonchev–Trinajstić information content (AvgIpc) is 2.62. The SMILES string of the molecule is CS(=O)(=O)c1ccc(-c2cc(N)no2)cc1O. The van der Waals surface area contributed by atoms with Crippen molar-refractivity contribution in [3.63, 3.8) is 0 Å². The van der Waals surface area contributed by atoms with Crippen molar-refractivity contribution in [2.45, 2.75) is 4.90 Å². The number of rotatable bonds is 2. The fourth-order valence-corrected chi connectivity index (χ4v) is 2.16. The third-order valence-corrected chi connectivity index (χ3v) is 3.32. The lowest BCUT2D eigenvalue weighted by Crippen LogP contribution is -1.97. The highest BCUT2D eigenvalue weighted by Gasteiger charge is 2.15. The Balaban J connectivity index is 2.52. The maximum atomic E-state index is 11.3. The first-order chi connectivity index (χ1) is 7.88. The first-order valence-corrected chi connectivity index (χ1v) is 6.53. The van der Waals surface area contributed by atoms with Gasteiger partial charge in [0.25, 0.3) is 0 Å². The van der Waals surface area contributed by atoms with Crippen molar-refractivity contribution in [3.05, 3.63) is 24.3 Å². The molecule has 0 radical (unpaired) electrons. The molecule has 7 heteroatoms. The van der Waals surface area contributed by atoms with Gasteiger partial charge in [-0.15, -0.1) is 0 Å². The summed E-state index contributed by atoms with van der Waals surface area (Å²) < 4.78 is 27.5. The number of benzene rings is 1. The number of sulfone groups is 1.